The summed E-state index contributed by atoms with van der Waals surface area (Å²) in [5.41, 5.74) is 1.74. The highest BCUT2D eigenvalue weighted by Gasteiger charge is 2.24. The van der Waals surface area contributed by atoms with E-state index in [1.165, 1.54) is 0 Å². The van der Waals surface area contributed by atoms with Gasteiger partial charge in [-0.15, -0.1) is 15.3 Å². The maximum absolute atomic E-state index is 12.5. The molecule has 4 heterocycles. The summed E-state index contributed by atoms with van der Waals surface area (Å²) in [7, 11) is 0. The lowest BCUT2D eigenvalue weighted by atomic mass is 10.1. The molecule has 124 valence electrons. The lowest BCUT2D eigenvalue weighted by molar-refractivity contribution is 0.0917. The average molecular weight is 326 g/mol. The average Bonchev–Trinajstić information content (AvgIpc) is 3.12. The van der Waals surface area contributed by atoms with E-state index in [0.29, 0.717) is 12.3 Å². The first-order valence-electron chi connectivity index (χ1n) is 7.92. The number of amides is 1. The van der Waals surface area contributed by atoms with Gasteiger partial charge in [-0.2, -0.15) is 4.98 Å². The van der Waals surface area contributed by atoms with E-state index >= 15 is 0 Å². The SMILES string of the molecule is Cc1cc(C)n2nc(C(=O)N[C@@H]3CCc4nnc(C)n4C3)nc2n1. The first kappa shape index (κ1) is 14.7. The number of hydrogen-bond acceptors (Lipinski definition) is 6. The largest absolute Gasteiger partial charge is 0.345 e. The van der Waals surface area contributed by atoms with Gasteiger partial charge in [-0.05, 0) is 33.3 Å². The van der Waals surface area contributed by atoms with Crippen LogP contribution in [0.25, 0.3) is 5.78 Å². The molecule has 1 aliphatic heterocycles. The van der Waals surface area contributed by atoms with E-state index in [4.69, 9.17) is 0 Å². The quantitative estimate of drug-likeness (QED) is 0.730. The van der Waals surface area contributed by atoms with Crippen molar-refractivity contribution in [2.45, 2.75) is 46.2 Å². The van der Waals surface area contributed by atoms with Gasteiger partial charge in [-0.25, -0.2) is 9.50 Å². The van der Waals surface area contributed by atoms with Crippen LogP contribution in [0.15, 0.2) is 6.07 Å². The van der Waals surface area contributed by atoms with Crippen molar-refractivity contribution in [3.05, 3.63) is 34.9 Å². The smallest absolute Gasteiger partial charge is 0.291 e. The second-order valence-electron chi connectivity index (χ2n) is 6.17. The fourth-order valence-corrected chi connectivity index (χ4v) is 3.09. The molecule has 0 spiro atoms. The molecule has 3 aromatic heterocycles. The number of nitrogens with zero attached hydrogens (tertiary/aromatic N) is 7. The molecule has 9 nitrogen and oxygen atoms in total. The third-order valence-corrected chi connectivity index (χ3v) is 4.29. The van der Waals surface area contributed by atoms with Crippen LogP contribution in [0.2, 0.25) is 0 Å². The van der Waals surface area contributed by atoms with Crippen molar-refractivity contribution >= 4 is 11.7 Å². The monoisotopic (exact) mass is 326 g/mol. The van der Waals surface area contributed by atoms with Crippen molar-refractivity contribution in [3.8, 4) is 0 Å². The van der Waals surface area contributed by atoms with Gasteiger partial charge in [-0.3, -0.25) is 4.79 Å². The second-order valence-corrected chi connectivity index (χ2v) is 6.17. The van der Waals surface area contributed by atoms with E-state index in [9.17, 15) is 4.79 Å². The highest BCUT2D eigenvalue weighted by molar-refractivity contribution is 5.91. The number of carbonyl (C=O) groups is 1. The molecule has 0 unspecified atom stereocenters. The molecule has 4 rings (SSSR count). The van der Waals surface area contributed by atoms with E-state index < -0.39 is 0 Å². The zero-order chi connectivity index (χ0) is 16.8. The van der Waals surface area contributed by atoms with E-state index in [0.717, 1.165) is 35.9 Å². The Balaban J connectivity index is 1.55. The number of aryl methyl sites for hydroxylation is 4. The van der Waals surface area contributed by atoms with Gasteiger partial charge in [0, 0.05) is 30.4 Å². The van der Waals surface area contributed by atoms with Gasteiger partial charge >= 0.3 is 0 Å². The summed E-state index contributed by atoms with van der Waals surface area (Å²) in [6.07, 6.45) is 1.62. The van der Waals surface area contributed by atoms with E-state index in [2.05, 4.69) is 30.6 Å². The molecule has 3 aromatic rings. The maximum Gasteiger partial charge on any atom is 0.291 e. The summed E-state index contributed by atoms with van der Waals surface area (Å²) >= 11 is 0. The van der Waals surface area contributed by atoms with E-state index in [1.807, 2.05) is 31.4 Å². The summed E-state index contributed by atoms with van der Waals surface area (Å²) in [6, 6.07) is 1.92. The third kappa shape index (κ3) is 2.41. The number of rotatable bonds is 2. The maximum atomic E-state index is 12.5. The second kappa shape index (κ2) is 5.36. The molecule has 9 heteroatoms. The topological polar surface area (TPSA) is 103 Å². The Bertz CT molecular complexity index is 940. The molecule has 1 aliphatic rings. The number of hydrogen-bond donors (Lipinski definition) is 1. The number of carbonyl (C=O) groups excluding carboxylic acids is 1. The van der Waals surface area contributed by atoms with Crippen molar-refractivity contribution in [1.29, 1.82) is 0 Å². The molecular weight excluding hydrogens is 308 g/mol. The summed E-state index contributed by atoms with van der Waals surface area (Å²) in [5.74, 6) is 2.14. The van der Waals surface area contributed by atoms with Gasteiger partial charge in [0.1, 0.15) is 11.6 Å². The summed E-state index contributed by atoms with van der Waals surface area (Å²) in [6.45, 7) is 6.39. The van der Waals surface area contributed by atoms with Crippen LogP contribution in [0.4, 0.5) is 0 Å². The number of aromatic nitrogens is 7. The van der Waals surface area contributed by atoms with Crippen LogP contribution >= 0.6 is 0 Å². The summed E-state index contributed by atoms with van der Waals surface area (Å²) in [5, 5.41) is 15.5. The van der Waals surface area contributed by atoms with Crippen molar-refractivity contribution < 1.29 is 4.79 Å². The van der Waals surface area contributed by atoms with E-state index in [1.54, 1.807) is 4.52 Å². The minimum Gasteiger partial charge on any atom is -0.345 e. The molecule has 0 aliphatic carbocycles. The highest BCUT2D eigenvalue weighted by Crippen LogP contribution is 2.15. The van der Waals surface area contributed by atoms with Crippen LogP contribution in [-0.2, 0) is 13.0 Å². The highest BCUT2D eigenvalue weighted by atomic mass is 16.2. The Kier molecular flexibility index (Phi) is 3.29. The predicted octanol–water partition coefficient (Wildman–Crippen LogP) is 0.386. The zero-order valence-corrected chi connectivity index (χ0v) is 13.8. The van der Waals surface area contributed by atoms with Gasteiger partial charge in [0.2, 0.25) is 5.82 Å². The molecule has 1 atom stereocenters. The lowest BCUT2D eigenvalue weighted by Crippen LogP contribution is -2.41. The molecule has 0 fully saturated rings. The lowest BCUT2D eigenvalue weighted by Gasteiger charge is -2.24. The third-order valence-electron chi connectivity index (χ3n) is 4.29. The molecule has 1 amide bonds. The van der Waals surface area contributed by atoms with E-state index in [-0.39, 0.29) is 17.8 Å². The minimum absolute atomic E-state index is 0.0158. The molecule has 1 N–H and O–H groups in total. The van der Waals surface area contributed by atoms with Gasteiger partial charge in [0.15, 0.2) is 0 Å². The predicted molar refractivity (Wildman–Crippen MR) is 84.6 cm³/mol. The van der Waals surface area contributed by atoms with Crippen molar-refractivity contribution in [2.75, 3.05) is 0 Å². The Morgan fingerprint density at radius 1 is 1.25 bits per heavy atom. The Morgan fingerprint density at radius 2 is 2.08 bits per heavy atom. The fourth-order valence-electron chi connectivity index (χ4n) is 3.09. The van der Waals surface area contributed by atoms with Gasteiger partial charge < -0.3 is 9.88 Å². The summed E-state index contributed by atoms with van der Waals surface area (Å²) < 4.78 is 3.63. The van der Waals surface area contributed by atoms with Crippen molar-refractivity contribution in [2.24, 2.45) is 0 Å². The van der Waals surface area contributed by atoms with Gasteiger partial charge in [-0.1, -0.05) is 0 Å². The van der Waals surface area contributed by atoms with Gasteiger partial charge in [0.05, 0.1) is 0 Å². The van der Waals surface area contributed by atoms with Crippen LogP contribution in [0.3, 0.4) is 0 Å². The molecule has 0 saturated heterocycles. The molecule has 0 aromatic carbocycles. The van der Waals surface area contributed by atoms with Crippen LogP contribution in [0.5, 0.6) is 0 Å². The van der Waals surface area contributed by atoms with Crippen LogP contribution in [0, 0.1) is 20.8 Å². The summed E-state index contributed by atoms with van der Waals surface area (Å²) in [4.78, 5) is 21.1. The zero-order valence-electron chi connectivity index (χ0n) is 13.8. The fraction of sp³-hybridized carbons (Fsp3) is 0.467. The van der Waals surface area contributed by atoms with Crippen molar-refractivity contribution in [1.82, 2.24) is 39.7 Å². The molecule has 0 saturated carbocycles. The Labute approximate surface area is 138 Å². The molecular formula is C15H18N8O. The van der Waals surface area contributed by atoms with Crippen LogP contribution in [-0.4, -0.2) is 46.3 Å². The molecule has 24 heavy (non-hydrogen) atoms. The first-order valence-corrected chi connectivity index (χ1v) is 7.92. The normalized spacial score (nSPS) is 17.0. The Morgan fingerprint density at radius 3 is 2.92 bits per heavy atom. The standard InChI is InChI=1S/C15H18N8O/c1-8-6-9(2)23-15(16-8)18-13(21-23)14(24)17-11-4-5-12-20-19-10(3)22(12)7-11/h6,11H,4-5,7H2,1-3H3,(H,17,24)/t11-/m1/s1. The first-order chi connectivity index (χ1) is 11.5. The van der Waals surface area contributed by atoms with Crippen molar-refractivity contribution in [3.63, 3.8) is 0 Å². The molecule has 0 radical (unpaired) electrons. The molecule has 0 bridgehead atoms. The van der Waals surface area contributed by atoms with Crippen LogP contribution < -0.4 is 5.32 Å². The number of fused-ring (bicyclic) bond motifs is 2. The minimum atomic E-state index is -0.281. The number of nitrogens with one attached hydrogen (secondary N) is 1. The van der Waals surface area contributed by atoms with Gasteiger partial charge in [0.25, 0.3) is 11.7 Å². The van der Waals surface area contributed by atoms with Crippen LogP contribution in [0.1, 0.15) is 40.1 Å². The Hall–Kier alpha value is -2.84.